The average molecular weight is 253 g/mol. The lowest BCUT2D eigenvalue weighted by atomic mass is 10.1. The van der Waals surface area contributed by atoms with Gasteiger partial charge in [-0.2, -0.15) is 0 Å². The Kier molecular flexibility index (Phi) is 13.1. The molecule has 0 aliphatic rings. The number of rotatable bonds is 11. The third-order valence-electron chi connectivity index (χ3n) is 2.79. The van der Waals surface area contributed by atoms with Crippen LogP contribution in [0.25, 0.3) is 0 Å². The van der Waals surface area contributed by atoms with E-state index in [9.17, 15) is 0 Å². The SMILES string of the molecule is CCCCCCCCCCC(Cl)CCCl. The Hall–Kier alpha value is 0.580. The van der Waals surface area contributed by atoms with E-state index in [4.69, 9.17) is 23.2 Å². The molecule has 1 unspecified atom stereocenters. The lowest BCUT2D eigenvalue weighted by Gasteiger charge is -2.06. The van der Waals surface area contributed by atoms with Crippen molar-refractivity contribution < 1.29 is 0 Å². The van der Waals surface area contributed by atoms with Crippen molar-refractivity contribution in [1.82, 2.24) is 0 Å². The van der Waals surface area contributed by atoms with Gasteiger partial charge in [0.15, 0.2) is 0 Å². The quantitative estimate of drug-likeness (QED) is 0.324. The molecule has 0 nitrogen and oxygen atoms in total. The smallest absolute Gasteiger partial charge is 0.0347 e. The van der Waals surface area contributed by atoms with Crippen LogP contribution in [0.4, 0.5) is 0 Å². The molecule has 2 heteroatoms. The lowest BCUT2D eigenvalue weighted by Crippen LogP contribution is -1.98. The van der Waals surface area contributed by atoms with E-state index in [-0.39, 0.29) is 0 Å². The third kappa shape index (κ3) is 12.5. The van der Waals surface area contributed by atoms with Crippen LogP contribution in [0, 0.1) is 0 Å². The van der Waals surface area contributed by atoms with Crippen molar-refractivity contribution in [1.29, 1.82) is 0 Å². The molecule has 15 heavy (non-hydrogen) atoms. The van der Waals surface area contributed by atoms with Crippen molar-refractivity contribution in [3.05, 3.63) is 0 Å². The maximum atomic E-state index is 6.08. The van der Waals surface area contributed by atoms with Gasteiger partial charge in [0.05, 0.1) is 0 Å². The molecule has 0 fully saturated rings. The van der Waals surface area contributed by atoms with Crippen molar-refractivity contribution in [2.75, 3.05) is 5.88 Å². The van der Waals surface area contributed by atoms with Crippen molar-refractivity contribution in [3.63, 3.8) is 0 Å². The van der Waals surface area contributed by atoms with Crippen molar-refractivity contribution >= 4 is 23.2 Å². The molecule has 0 rings (SSSR count). The summed E-state index contributed by atoms with van der Waals surface area (Å²) < 4.78 is 0. The number of unbranched alkanes of at least 4 members (excludes halogenated alkanes) is 7. The standard InChI is InChI=1S/C13H26Cl2/c1-2-3-4-5-6-7-8-9-10-13(15)11-12-14/h13H,2-12H2,1H3. The van der Waals surface area contributed by atoms with Crippen LogP contribution in [-0.4, -0.2) is 11.3 Å². The summed E-state index contributed by atoms with van der Waals surface area (Å²) >= 11 is 11.7. The summed E-state index contributed by atoms with van der Waals surface area (Å²) in [6.45, 7) is 2.26. The first-order chi connectivity index (χ1) is 7.31. The number of halogens is 2. The van der Waals surface area contributed by atoms with Gasteiger partial charge in [0.2, 0.25) is 0 Å². The van der Waals surface area contributed by atoms with Crippen molar-refractivity contribution in [2.24, 2.45) is 0 Å². The maximum absolute atomic E-state index is 6.08. The summed E-state index contributed by atoms with van der Waals surface area (Å²) in [6.07, 6.45) is 13.1. The summed E-state index contributed by atoms with van der Waals surface area (Å²) in [5, 5.41) is 0.308. The largest absolute Gasteiger partial charge is 0.127 e. The van der Waals surface area contributed by atoms with E-state index in [1.165, 1.54) is 51.4 Å². The molecule has 0 aromatic heterocycles. The van der Waals surface area contributed by atoms with Crippen LogP contribution in [-0.2, 0) is 0 Å². The second kappa shape index (κ2) is 12.6. The van der Waals surface area contributed by atoms with E-state index in [2.05, 4.69) is 6.92 Å². The normalized spacial score (nSPS) is 13.0. The molecule has 0 N–H and O–H groups in total. The van der Waals surface area contributed by atoms with Gasteiger partial charge in [-0.1, -0.05) is 58.3 Å². The topological polar surface area (TPSA) is 0 Å². The minimum absolute atomic E-state index is 0.308. The first kappa shape index (κ1) is 15.6. The van der Waals surface area contributed by atoms with Crippen LogP contribution in [0.3, 0.4) is 0 Å². The Morgan fingerprint density at radius 1 is 0.800 bits per heavy atom. The molecule has 0 radical (unpaired) electrons. The van der Waals surface area contributed by atoms with Gasteiger partial charge in [-0.05, 0) is 12.8 Å². The van der Waals surface area contributed by atoms with Gasteiger partial charge in [-0.15, -0.1) is 23.2 Å². The highest BCUT2D eigenvalue weighted by molar-refractivity contribution is 6.22. The predicted octanol–water partition coefficient (Wildman–Crippen LogP) is 5.75. The summed E-state index contributed by atoms with van der Waals surface area (Å²) in [6, 6.07) is 0. The van der Waals surface area contributed by atoms with E-state index in [0.717, 1.165) is 12.8 Å². The van der Waals surface area contributed by atoms with Gasteiger partial charge in [0.25, 0.3) is 0 Å². The zero-order valence-corrected chi connectivity index (χ0v) is 11.6. The van der Waals surface area contributed by atoms with Gasteiger partial charge < -0.3 is 0 Å². The first-order valence-electron chi connectivity index (χ1n) is 6.51. The predicted molar refractivity (Wildman–Crippen MR) is 72.2 cm³/mol. The Labute approximate surface area is 106 Å². The summed E-state index contributed by atoms with van der Waals surface area (Å²) in [5.41, 5.74) is 0. The third-order valence-corrected chi connectivity index (χ3v) is 3.45. The van der Waals surface area contributed by atoms with E-state index in [1.807, 2.05) is 0 Å². The molecule has 1 atom stereocenters. The Bertz CT molecular complexity index is 115. The molecule has 0 aliphatic carbocycles. The molecule has 0 aromatic carbocycles. The Morgan fingerprint density at radius 2 is 1.33 bits per heavy atom. The number of hydrogen-bond acceptors (Lipinski definition) is 0. The highest BCUT2D eigenvalue weighted by Gasteiger charge is 2.02. The molecule has 0 heterocycles. The summed E-state index contributed by atoms with van der Waals surface area (Å²) in [5.74, 6) is 0.700. The van der Waals surface area contributed by atoms with Crippen molar-refractivity contribution in [2.45, 2.75) is 76.5 Å². The Balaban J connectivity index is 2.98. The highest BCUT2D eigenvalue weighted by Crippen LogP contribution is 2.15. The molecule has 92 valence electrons. The Morgan fingerprint density at radius 3 is 1.87 bits per heavy atom. The molecule has 0 aromatic rings. The molecule has 0 aliphatic heterocycles. The summed E-state index contributed by atoms with van der Waals surface area (Å²) in [4.78, 5) is 0. The minimum Gasteiger partial charge on any atom is -0.127 e. The van der Waals surface area contributed by atoms with Crippen LogP contribution in [0.1, 0.15) is 71.1 Å². The van der Waals surface area contributed by atoms with Gasteiger partial charge in [0.1, 0.15) is 0 Å². The molecular weight excluding hydrogens is 227 g/mol. The van der Waals surface area contributed by atoms with Gasteiger partial charge in [0, 0.05) is 11.3 Å². The monoisotopic (exact) mass is 252 g/mol. The van der Waals surface area contributed by atoms with Crippen LogP contribution >= 0.6 is 23.2 Å². The van der Waals surface area contributed by atoms with Gasteiger partial charge >= 0.3 is 0 Å². The fraction of sp³-hybridized carbons (Fsp3) is 1.00. The fourth-order valence-electron chi connectivity index (χ4n) is 1.76. The molecule has 0 spiro atoms. The minimum atomic E-state index is 0.308. The van der Waals surface area contributed by atoms with Crippen LogP contribution < -0.4 is 0 Å². The fourth-order valence-corrected chi connectivity index (χ4v) is 2.40. The van der Waals surface area contributed by atoms with Gasteiger partial charge in [-0.25, -0.2) is 0 Å². The van der Waals surface area contributed by atoms with Crippen molar-refractivity contribution in [3.8, 4) is 0 Å². The first-order valence-corrected chi connectivity index (χ1v) is 7.48. The second-order valence-corrected chi connectivity index (χ2v) is 5.33. The van der Waals surface area contributed by atoms with Crippen LogP contribution in [0.2, 0.25) is 0 Å². The molecule has 0 saturated carbocycles. The van der Waals surface area contributed by atoms with Gasteiger partial charge in [-0.3, -0.25) is 0 Å². The van der Waals surface area contributed by atoms with E-state index in [1.54, 1.807) is 0 Å². The van der Waals surface area contributed by atoms with E-state index < -0.39 is 0 Å². The second-order valence-electron chi connectivity index (χ2n) is 4.34. The lowest BCUT2D eigenvalue weighted by molar-refractivity contribution is 0.557. The van der Waals surface area contributed by atoms with Crippen LogP contribution in [0.15, 0.2) is 0 Å². The molecule has 0 amide bonds. The molecule has 0 saturated heterocycles. The average Bonchev–Trinajstić information content (AvgIpc) is 2.22. The number of alkyl halides is 2. The molecule has 0 bridgehead atoms. The zero-order chi connectivity index (χ0) is 11.4. The number of hydrogen-bond donors (Lipinski definition) is 0. The summed E-state index contributed by atoms with van der Waals surface area (Å²) in [7, 11) is 0. The van der Waals surface area contributed by atoms with E-state index in [0.29, 0.717) is 11.3 Å². The zero-order valence-electron chi connectivity index (χ0n) is 10.1. The van der Waals surface area contributed by atoms with Crippen LogP contribution in [0.5, 0.6) is 0 Å². The highest BCUT2D eigenvalue weighted by atomic mass is 35.5. The maximum Gasteiger partial charge on any atom is 0.0347 e. The molecular formula is C13H26Cl2. The van der Waals surface area contributed by atoms with E-state index >= 15 is 0 Å².